The number of aryl methyl sites for hydroxylation is 1. The zero-order valence-corrected chi connectivity index (χ0v) is 24.1. The number of hydrogen-bond donors (Lipinski definition) is 0. The average Bonchev–Trinajstić information content (AvgIpc) is 3.28. The number of aromatic nitrogens is 1. The van der Waals surface area contributed by atoms with Crippen LogP contribution in [0.2, 0.25) is 5.02 Å². The molecule has 2 atom stereocenters. The molecule has 2 unspecified atom stereocenters. The first-order valence-electron chi connectivity index (χ1n) is 13.8. The van der Waals surface area contributed by atoms with Gasteiger partial charge in [0, 0.05) is 28.1 Å². The number of allylic oxidation sites excluding steroid dienone is 2. The number of carbonyl (C=O) groups excluding carboxylic acids is 4. The van der Waals surface area contributed by atoms with Crippen molar-refractivity contribution in [3.05, 3.63) is 111 Å². The van der Waals surface area contributed by atoms with Crippen molar-refractivity contribution >= 4 is 57.4 Å². The van der Waals surface area contributed by atoms with Gasteiger partial charge in [-0.15, -0.1) is 0 Å². The SMILES string of the molecule is Cc1ccc(C(=O)COC(=O)c2cc(-c3ccc(N4C(=O)C5CC=CCC5C4=O)cc3)nc3c(Cl)cccc23)cc1[N+](=O)[O-]. The van der Waals surface area contributed by atoms with E-state index in [1.54, 1.807) is 49.4 Å². The number of fused-ring (bicyclic) bond motifs is 2. The number of nitro groups is 1. The summed E-state index contributed by atoms with van der Waals surface area (Å²) in [7, 11) is 0. The number of benzene rings is 3. The summed E-state index contributed by atoms with van der Waals surface area (Å²) >= 11 is 6.45. The fourth-order valence-electron chi connectivity index (χ4n) is 5.64. The molecule has 0 radical (unpaired) electrons. The molecule has 1 aliphatic heterocycles. The second-order valence-corrected chi connectivity index (χ2v) is 11.1. The second kappa shape index (κ2) is 11.5. The molecule has 3 aromatic carbocycles. The minimum atomic E-state index is -0.808. The van der Waals surface area contributed by atoms with Crippen LogP contribution in [-0.2, 0) is 14.3 Å². The first-order valence-corrected chi connectivity index (χ1v) is 14.2. The number of anilines is 1. The van der Waals surface area contributed by atoms with Gasteiger partial charge in [0.1, 0.15) is 0 Å². The molecule has 1 saturated heterocycles. The Labute approximate surface area is 256 Å². The van der Waals surface area contributed by atoms with Gasteiger partial charge in [-0.05, 0) is 44.0 Å². The molecule has 1 fully saturated rings. The van der Waals surface area contributed by atoms with E-state index in [4.69, 9.17) is 16.3 Å². The minimum Gasteiger partial charge on any atom is -0.454 e. The maximum absolute atomic E-state index is 13.3. The Morgan fingerprint density at radius 2 is 1.68 bits per heavy atom. The zero-order valence-electron chi connectivity index (χ0n) is 23.4. The number of nitro benzene ring substituents is 1. The van der Waals surface area contributed by atoms with Gasteiger partial charge in [-0.1, -0.05) is 60.2 Å². The van der Waals surface area contributed by atoms with Crippen LogP contribution in [0, 0.1) is 28.9 Å². The molecule has 1 aromatic heterocycles. The molecule has 1 aliphatic carbocycles. The predicted octanol–water partition coefficient (Wildman–Crippen LogP) is 6.27. The summed E-state index contributed by atoms with van der Waals surface area (Å²) in [6.45, 7) is 0.926. The fourth-order valence-corrected chi connectivity index (χ4v) is 5.85. The molecular weight excluding hydrogens is 586 g/mol. The van der Waals surface area contributed by atoms with E-state index in [1.165, 1.54) is 23.1 Å². The van der Waals surface area contributed by atoms with Gasteiger partial charge in [0.2, 0.25) is 17.6 Å². The highest BCUT2D eigenvalue weighted by atomic mass is 35.5. The van der Waals surface area contributed by atoms with Crippen molar-refractivity contribution in [1.82, 2.24) is 4.98 Å². The summed E-state index contributed by atoms with van der Waals surface area (Å²) in [4.78, 5) is 68.7. The van der Waals surface area contributed by atoms with E-state index in [0.717, 1.165) is 6.07 Å². The molecule has 10 nitrogen and oxygen atoms in total. The molecule has 220 valence electrons. The van der Waals surface area contributed by atoms with Crippen molar-refractivity contribution < 1.29 is 28.8 Å². The summed E-state index contributed by atoms with van der Waals surface area (Å²) in [6, 6.07) is 17.2. The minimum absolute atomic E-state index is 0.0454. The van der Waals surface area contributed by atoms with Gasteiger partial charge >= 0.3 is 5.97 Å². The summed E-state index contributed by atoms with van der Waals surface area (Å²) < 4.78 is 5.35. The van der Waals surface area contributed by atoms with Crippen LogP contribution in [0.15, 0.2) is 78.9 Å². The summed E-state index contributed by atoms with van der Waals surface area (Å²) in [5, 5.41) is 12.0. The normalized spacial score (nSPS) is 17.5. The van der Waals surface area contributed by atoms with E-state index < -0.39 is 23.3 Å². The quantitative estimate of drug-likeness (QED) is 0.0597. The number of esters is 1. The van der Waals surface area contributed by atoms with Crippen LogP contribution in [-0.4, -0.2) is 40.1 Å². The van der Waals surface area contributed by atoms with Gasteiger partial charge in [-0.3, -0.25) is 29.4 Å². The van der Waals surface area contributed by atoms with Crippen molar-refractivity contribution in [2.45, 2.75) is 19.8 Å². The number of amides is 2. The van der Waals surface area contributed by atoms with Crippen molar-refractivity contribution in [2.75, 3.05) is 11.5 Å². The molecule has 0 bridgehead atoms. The number of pyridine rings is 1. The lowest BCUT2D eigenvalue weighted by Gasteiger charge is -2.16. The Hall–Kier alpha value is -5.22. The van der Waals surface area contributed by atoms with Gasteiger partial charge in [0.15, 0.2) is 6.61 Å². The van der Waals surface area contributed by atoms with Gasteiger partial charge in [0.05, 0.1) is 44.2 Å². The average molecular weight is 610 g/mol. The lowest BCUT2D eigenvalue weighted by Crippen LogP contribution is -2.30. The van der Waals surface area contributed by atoms with Gasteiger partial charge in [-0.25, -0.2) is 9.78 Å². The number of Topliss-reactive ketones (excluding diaryl/α,β-unsaturated/α-hetero) is 1. The molecule has 0 saturated carbocycles. The third kappa shape index (κ3) is 5.13. The number of ketones is 1. The lowest BCUT2D eigenvalue weighted by molar-refractivity contribution is -0.385. The van der Waals surface area contributed by atoms with E-state index in [2.05, 4.69) is 4.98 Å². The maximum Gasteiger partial charge on any atom is 0.339 e. The predicted molar refractivity (Wildman–Crippen MR) is 162 cm³/mol. The number of nitrogens with zero attached hydrogens (tertiary/aromatic N) is 3. The van der Waals surface area contributed by atoms with E-state index >= 15 is 0 Å². The number of halogens is 1. The molecule has 0 N–H and O–H groups in total. The van der Waals surface area contributed by atoms with Crippen LogP contribution >= 0.6 is 11.6 Å². The zero-order chi connectivity index (χ0) is 31.1. The standard InChI is InChI=1S/C33H24ClN3O7/c1-18-9-10-20(15-28(18)37(42)43)29(38)17-44-33(41)25-16-27(35-30-22(25)7-4-8-26(30)34)19-11-13-21(14-12-19)36-31(39)23-5-2-3-6-24(23)32(36)40/h2-4,7-16,23-24H,5-6,17H2,1H3. The highest BCUT2D eigenvalue weighted by molar-refractivity contribution is 6.35. The molecule has 2 heterocycles. The van der Waals surface area contributed by atoms with Crippen LogP contribution in [0.25, 0.3) is 22.2 Å². The van der Waals surface area contributed by atoms with Crippen molar-refractivity contribution in [2.24, 2.45) is 11.8 Å². The highest BCUT2D eigenvalue weighted by Gasteiger charge is 2.47. The maximum atomic E-state index is 13.3. The van der Waals surface area contributed by atoms with Crippen molar-refractivity contribution in [3.63, 3.8) is 0 Å². The molecule has 2 amide bonds. The first kappa shape index (κ1) is 28.9. The van der Waals surface area contributed by atoms with Crippen molar-refractivity contribution in [3.8, 4) is 11.3 Å². The van der Waals surface area contributed by atoms with E-state index in [9.17, 15) is 29.3 Å². The number of hydrogen-bond acceptors (Lipinski definition) is 8. The number of imide groups is 1. The van der Waals surface area contributed by atoms with Crippen LogP contribution in [0.4, 0.5) is 11.4 Å². The molecule has 4 aromatic rings. The summed E-state index contributed by atoms with van der Waals surface area (Å²) in [5.41, 5.74) is 2.10. The number of rotatable bonds is 7. The Bertz CT molecular complexity index is 1890. The first-order chi connectivity index (χ1) is 21.1. The highest BCUT2D eigenvalue weighted by Crippen LogP contribution is 2.38. The third-order valence-corrected chi connectivity index (χ3v) is 8.31. The molecule has 0 spiro atoms. The van der Waals surface area contributed by atoms with E-state index in [0.29, 0.717) is 51.3 Å². The monoisotopic (exact) mass is 609 g/mol. The van der Waals surface area contributed by atoms with Crippen LogP contribution in [0.3, 0.4) is 0 Å². The van der Waals surface area contributed by atoms with Crippen LogP contribution in [0.5, 0.6) is 0 Å². The second-order valence-electron chi connectivity index (χ2n) is 10.7. The summed E-state index contributed by atoms with van der Waals surface area (Å²) in [6.07, 6.45) is 4.95. The Morgan fingerprint density at radius 1 is 1.00 bits per heavy atom. The van der Waals surface area contributed by atoms with Crippen LogP contribution in [0.1, 0.15) is 39.1 Å². The molecule has 44 heavy (non-hydrogen) atoms. The lowest BCUT2D eigenvalue weighted by atomic mass is 9.85. The van der Waals surface area contributed by atoms with Gasteiger partial charge in [0.25, 0.3) is 5.69 Å². The topological polar surface area (TPSA) is 137 Å². The van der Waals surface area contributed by atoms with E-state index in [-0.39, 0.29) is 40.5 Å². The fraction of sp³-hybridized carbons (Fsp3) is 0.182. The Balaban J connectivity index is 1.27. The van der Waals surface area contributed by atoms with Gasteiger partial charge < -0.3 is 4.74 Å². The molecule has 2 aliphatic rings. The number of carbonyl (C=O) groups is 4. The van der Waals surface area contributed by atoms with Crippen LogP contribution < -0.4 is 4.90 Å². The largest absolute Gasteiger partial charge is 0.454 e. The molecular formula is C33H24ClN3O7. The van der Waals surface area contributed by atoms with E-state index in [1.807, 2.05) is 12.2 Å². The number of para-hydroxylation sites is 1. The van der Waals surface area contributed by atoms with Crippen molar-refractivity contribution in [1.29, 1.82) is 0 Å². The smallest absolute Gasteiger partial charge is 0.339 e. The Kier molecular flexibility index (Phi) is 7.52. The van der Waals surface area contributed by atoms with Gasteiger partial charge in [-0.2, -0.15) is 0 Å². The summed E-state index contributed by atoms with van der Waals surface area (Å²) in [5.74, 6) is -2.54. The Morgan fingerprint density at radius 3 is 2.34 bits per heavy atom. The molecule has 6 rings (SSSR count). The molecule has 11 heteroatoms. The number of ether oxygens (including phenoxy) is 1. The third-order valence-electron chi connectivity index (χ3n) is 8.00.